The molecule has 1 atom stereocenters. The molecule has 0 aromatic carbocycles. The van der Waals surface area contributed by atoms with Crippen LogP contribution in [0.2, 0.25) is 0 Å². The van der Waals surface area contributed by atoms with Crippen LogP contribution in [0.1, 0.15) is 45.4 Å². The van der Waals surface area contributed by atoms with Gasteiger partial charge in [-0.3, -0.25) is 9.69 Å². The lowest BCUT2D eigenvalue weighted by Gasteiger charge is -2.33. The van der Waals surface area contributed by atoms with E-state index < -0.39 is 0 Å². The first-order valence-electron chi connectivity index (χ1n) is 6.05. The molecule has 0 aromatic rings. The number of rotatable bonds is 4. The summed E-state index contributed by atoms with van der Waals surface area (Å²) in [5.41, 5.74) is 0. The van der Waals surface area contributed by atoms with E-state index in [1.807, 2.05) is 0 Å². The Morgan fingerprint density at radius 1 is 1.36 bits per heavy atom. The molecular formula is C12H21NO. The van der Waals surface area contributed by atoms with Crippen molar-refractivity contribution in [1.82, 2.24) is 4.90 Å². The van der Waals surface area contributed by atoms with Crippen molar-refractivity contribution in [3.8, 4) is 0 Å². The van der Waals surface area contributed by atoms with E-state index in [9.17, 15) is 4.79 Å². The van der Waals surface area contributed by atoms with Gasteiger partial charge < -0.3 is 0 Å². The van der Waals surface area contributed by atoms with E-state index in [1.165, 1.54) is 25.7 Å². The zero-order chi connectivity index (χ0) is 9.97. The molecule has 1 saturated heterocycles. The number of likely N-dealkylation sites (tertiary alicyclic amines) is 1. The van der Waals surface area contributed by atoms with Crippen molar-refractivity contribution < 1.29 is 4.79 Å². The van der Waals surface area contributed by atoms with Gasteiger partial charge in [-0.1, -0.05) is 19.8 Å². The lowest BCUT2D eigenvalue weighted by molar-refractivity contribution is -0.122. The Balaban J connectivity index is 1.80. The molecule has 1 saturated carbocycles. The summed E-state index contributed by atoms with van der Waals surface area (Å²) in [6, 6.07) is 0.760. The summed E-state index contributed by atoms with van der Waals surface area (Å²) in [5, 5.41) is 0. The van der Waals surface area contributed by atoms with Gasteiger partial charge in [0.2, 0.25) is 0 Å². The number of nitrogens with zero attached hydrogens (tertiary/aromatic N) is 1. The molecule has 0 aromatic heterocycles. The third-order valence-corrected chi connectivity index (χ3v) is 3.65. The minimum atomic E-state index is 0.461. The fourth-order valence-electron chi connectivity index (χ4n) is 2.45. The first-order valence-corrected chi connectivity index (χ1v) is 6.05. The quantitative estimate of drug-likeness (QED) is 0.685. The summed E-state index contributed by atoms with van der Waals surface area (Å²) in [4.78, 5) is 13.7. The summed E-state index contributed by atoms with van der Waals surface area (Å²) in [7, 11) is 0. The molecule has 0 bridgehead atoms. The molecular weight excluding hydrogens is 174 g/mol. The highest BCUT2D eigenvalue weighted by Crippen LogP contribution is 2.35. The van der Waals surface area contributed by atoms with Gasteiger partial charge in [-0.2, -0.15) is 0 Å². The predicted molar refractivity (Wildman–Crippen MR) is 57.2 cm³/mol. The van der Waals surface area contributed by atoms with Crippen LogP contribution in [0.5, 0.6) is 0 Å². The van der Waals surface area contributed by atoms with Crippen molar-refractivity contribution in [3.63, 3.8) is 0 Å². The molecule has 14 heavy (non-hydrogen) atoms. The van der Waals surface area contributed by atoms with Crippen LogP contribution in [0.25, 0.3) is 0 Å². The van der Waals surface area contributed by atoms with E-state index in [0.717, 1.165) is 37.9 Å². The highest BCUT2D eigenvalue weighted by molar-refractivity contribution is 5.79. The number of carbonyl (C=O) groups is 1. The average molecular weight is 195 g/mol. The molecule has 1 aliphatic heterocycles. The number of Topliss-reactive ketones (excluding diaryl/α,β-unsaturated/α-hetero) is 1. The number of hydrogen-bond donors (Lipinski definition) is 0. The van der Waals surface area contributed by atoms with Gasteiger partial charge in [0.05, 0.1) is 0 Å². The second-order valence-corrected chi connectivity index (χ2v) is 4.82. The molecule has 0 spiro atoms. The normalized spacial score (nSPS) is 26.5. The molecule has 0 amide bonds. The standard InChI is InChI=1S/C12H21NO/c1-2-11(9-10-3-4-10)13-7-5-12(14)6-8-13/h10-11H,2-9H2,1H3. The maximum absolute atomic E-state index is 11.1. The molecule has 1 heterocycles. The first kappa shape index (κ1) is 10.2. The number of ketones is 1. The molecule has 0 N–H and O–H groups in total. The number of carbonyl (C=O) groups excluding carboxylic acids is 1. The Kier molecular flexibility index (Phi) is 3.22. The van der Waals surface area contributed by atoms with Gasteiger partial charge in [-0.05, 0) is 18.8 Å². The van der Waals surface area contributed by atoms with Gasteiger partial charge in [0.1, 0.15) is 5.78 Å². The van der Waals surface area contributed by atoms with E-state index in [2.05, 4.69) is 11.8 Å². The lowest BCUT2D eigenvalue weighted by Crippen LogP contribution is -2.41. The average Bonchev–Trinajstić information content (AvgIpc) is 3.00. The summed E-state index contributed by atoms with van der Waals surface area (Å²) in [6.07, 6.45) is 7.12. The maximum atomic E-state index is 11.1. The molecule has 0 radical (unpaired) electrons. The van der Waals surface area contributed by atoms with E-state index in [1.54, 1.807) is 0 Å². The minimum absolute atomic E-state index is 0.461. The highest BCUT2D eigenvalue weighted by Gasteiger charge is 2.29. The van der Waals surface area contributed by atoms with Gasteiger partial charge in [0.25, 0.3) is 0 Å². The van der Waals surface area contributed by atoms with Crippen molar-refractivity contribution in [2.24, 2.45) is 5.92 Å². The van der Waals surface area contributed by atoms with Crippen LogP contribution in [0, 0.1) is 5.92 Å². The molecule has 2 nitrogen and oxygen atoms in total. The van der Waals surface area contributed by atoms with E-state index >= 15 is 0 Å². The molecule has 2 rings (SSSR count). The fraction of sp³-hybridized carbons (Fsp3) is 0.917. The summed E-state index contributed by atoms with van der Waals surface area (Å²) < 4.78 is 0. The number of hydrogen-bond acceptors (Lipinski definition) is 2. The Bertz CT molecular complexity index is 200. The summed E-state index contributed by atoms with van der Waals surface area (Å²) in [5.74, 6) is 1.47. The maximum Gasteiger partial charge on any atom is 0.135 e. The second kappa shape index (κ2) is 4.43. The first-order chi connectivity index (χ1) is 6.79. The van der Waals surface area contributed by atoms with Crippen LogP contribution in [0.3, 0.4) is 0 Å². The van der Waals surface area contributed by atoms with Crippen LogP contribution in [-0.2, 0) is 4.79 Å². The Hall–Kier alpha value is -0.370. The van der Waals surface area contributed by atoms with Crippen LogP contribution in [0.4, 0.5) is 0 Å². The zero-order valence-corrected chi connectivity index (χ0v) is 9.17. The van der Waals surface area contributed by atoms with Gasteiger partial charge >= 0.3 is 0 Å². The van der Waals surface area contributed by atoms with Gasteiger partial charge in [-0.15, -0.1) is 0 Å². The topological polar surface area (TPSA) is 20.3 Å². The van der Waals surface area contributed by atoms with Crippen LogP contribution in [0.15, 0.2) is 0 Å². The molecule has 2 fully saturated rings. The van der Waals surface area contributed by atoms with Gasteiger partial charge in [-0.25, -0.2) is 0 Å². The smallest absolute Gasteiger partial charge is 0.135 e. The third kappa shape index (κ3) is 2.57. The minimum Gasteiger partial charge on any atom is -0.300 e. The largest absolute Gasteiger partial charge is 0.300 e. The number of piperidine rings is 1. The molecule has 80 valence electrons. The monoisotopic (exact) mass is 195 g/mol. The van der Waals surface area contributed by atoms with Crippen molar-refractivity contribution >= 4 is 5.78 Å². The van der Waals surface area contributed by atoms with E-state index in [-0.39, 0.29) is 0 Å². The van der Waals surface area contributed by atoms with E-state index in [4.69, 9.17) is 0 Å². The third-order valence-electron chi connectivity index (χ3n) is 3.65. The van der Waals surface area contributed by atoms with Gasteiger partial charge in [0.15, 0.2) is 0 Å². The Labute approximate surface area is 86.7 Å². The van der Waals surface area contributed by atoms with Crippen molar-refractivity contribution in [1.29, 1.82) is 0 Å². The van der Waals surface area contributed by atoms with Crippen LogP contribution >= 0.6 is 0 Å². The van der Waals surface area contributed by atoms with Crippen molar-refractivity contribution in [3.05, 3.63) is 0 Å². The Morgan fingerprint density at radius 2 is 2.00 bits per heavy atom. The molecule has 1 unspecified atom stereocenters. The molecule has 1 aliphatic carbocycles. The van der Waals surface area contributed by atoms with Crippen molar-refractivity contribution in [2.45, 2.75) is 51.5 Å². The highest BCUT2D eigenvalue weighted by atomic mass is 16.1. The molecule has 2 aliphatic rings. The summed E-state index contributed by atoms with van der Waals surface area (Å²) in [6.45, 7) is 4.32. The zero-order valence-electron chi connectivity index (χ0n) is 9.17. The second-order valence-electron chi connectivity index (χ2n) is 4.82. The fourth-order valence-corrected chi connectivity index (χ4v) is 2.45. The predicted octanol–water partition coefficient (Wildman–Crippen LogP) is 2.23. The SMILES string of the molecule is CCC(CC1CC1)N1CCC(=O)CC1. The van der Waals surface area contributed by atoms with Crippen LogP contribution < -0.4 is 0 Å². The summed E-state index contributed by atoms with van der Waals surface area (Å²) >= 11 is 0. The van der Waals surface area contributed by atoms with Gasteiger partial charge in [0, 0.05) is 32.0 Å². The Morgan fingerprint density at radius 3 is 2.50 bits per heavy atom. The van der Waals surface area contributed by atoms with E-state index in [0.29, 0.717) is 5.78 Å². The van der Waals surface area contributed by atoms with Crippen molar-refractivity contribution in [2.75, 3.05) is 13.1 Å². The molecule has 2 heteroatoms. The van der Waals surface area contributed by atoms with Crippen LogP contribution in [-0.4, -0.2) is 29.8 Å². The lowest BCUT2D eigenvalue weighted by atomic mass is 10.0.